The Bertz CT molecular complexity index is 986. The van der Waals surface area contributed by atoms with E-state index in [1.807, 2.05) is 0 Å². The summed E-state index contributed by atoms with van der Waals surface area (Å²) in [6.45, 7) is 8.83. The molecule has 0 N–H and O–H groups in total. The van der Waals surface area contributed by atoms with Crippen molar-refractivity contribution in [1.29, 1.82) is 0 Å². The second-order valence-electron chi connectivity index (χ2n) is 8.28. The topological polar surface area (TPSA) is 0 Å². The summed E-state index contributed by atoms with van der Waals surface area (Å²) in [5, 5.41) is 1.54. The summed E-state index contributed by atoms with van der Waals surface area (Å²) in [5.41, 5.74) is 10.9. The molecule has 0 aromatic heterocycles. The van der Waals surface area contributed by atoms with E-state index in [4.69, 9.17) is 0 Å². The molecule has 0 aliphatic carbocycles. The summed E-state index contributed by atoms with van der Waals surface area (Å²) in [6, 6.07) is 21.0. The summed E-state index contributed by atoms with van der Waals surface area (Å²) < 4.78 is 0. The molecule has 3 aromatic carbocycles. The molecule has 0 saturated heterocycles. The molecule has 1 aliphatic rings. The predicted octanol–water partition coefficient (Wildman–Crippen LogP) is 7.35. The van der Waals surface area contributed by atoms with Crippen LogP contribution in [0.1, 0.15) is 41.5 Å². The Morgan fingerprint density at radius 2 is 1.21 bits per heavy atom. The molecule has 0 radical (unpaired) electrons. The third-order valence-corrected chi connectivity index (χ3v) is 8.26. The minimum absolute atomic E-state index is 0.137. The van der Waals surface area contributed by atoms with Gasteiger partial charge in [0.1, 0.15) is 19.0 Å². The maximum atomic E-state index is 2.60. The number of aryl methyl sites for hydroxylation is 4. The van der Waals surface area contributed by atoms with Crippen LogP contribution in [0.2, 0.25) is 0 Å². The highest BCUT2D eigenvalue weighted by Gasteiger charge is 2.20. The lowest BCUT2D eigenvalue weighted by atomic mass is 9.93. The van der Waals surface area contributed by atoms with Crippen LogP contribution < -0.4 is 5.30 Å². The summed E-state index contributed by atoms with van der Waals surface area (Å²) in [6.07, 6.45) is 5.35. The standard InChI is InChI=1S/C27H30P/c1-19-8-10-26(21(3)14-19)23-16-24(27-11-9-20(2)15-22(27)4)18-25(17-23)28-12-6-5-7-13-28/h8-12,14-18H,5-7,13H2,1-4H3/q+1. The fourth-order valence-electron chi connectivity index (χ4n) is 4.36. The van der Waals surface area contributed by atoms with Crippen LogP contribution in [-0.4, -0.2) is 12.0 Å². The van der Waals surface area contributed by atoms with Gasteiger partial charge in [-0.3, -0.25) is 0 Å². The molecule has 0 bridgehead atoms. The van der Waals surface area contributed by atoms with E-state index in [0.29, 0.717) is 0 Å². The molecule has 0 amide bonds. The maximum absolute atomic E-state index is 2.60. The molecule has 0 nitrogen and oxygen atoms in total. The Kier molecular flexibility index (Phi) is 5.51. The van der Waals surface area contributed by atoms with E-state index in [1.165, 1.54) is 69.9 Å². The SMILES string of the molecule is Cc1ccc(-c2cc(-c3ccc(C)cc3C)cc([P+]3=CCCCC3)c2)c(C)c1. The molecular formula is C27H30P+. The van der Waals surface area contributed by atoms with Gasteiger partial charge in [0.05, 0.1) is 5.80 Å². The largest absolute Gasteiger partial charge is 0.149 e. The van der Waals surface area contributed by atoms with Crippen LogP contribution >= 0.6 is 7.55 Å². The Hall–Kier alpha value is -2.17. The van der Waals surface area contributed by atoms with Crippen LogP contribution in [0.3, 0.4) is 0 Å². The van der Waals surface area contributed by atoms with Gasteiger partial charge in [-0.1, -0.05) is 47.5 Å². The average Bonchev–Trinajstić information content (AvgIpc) is 2.68. The fourth-order valence-corrected chi connectivity index (χ4v) is 6.68. The molecule has 0 saturated carbocycles. The van der Waals surface area contributed by atoms with Crippen LogP contribution in [0.5, 0.6) is 0 Å². The van der Waals surface area contributed by atoms with Crippen molar-refractivity contribution < 1.29 is 0 Å². The zero-order valence-corrected chi connectivity index (χ0v) is 18.4. The zero-order chi connectivity index (χ0) is 19.7. The molecule has 1 aliphatic heterocycles. The molecule has 4 rings (SSSR count). The van der Waals surface area contributed by atoms with E-state index in [2.05, 4.69) is 88.1 Å². The molecule has 1 heteroatoms. The van der Waals surface area contributed by atoms with Crippen molar-refractivity contribution in [3.63, 3.8) is 0 Å². The van der Waals surface area contributed by atoms with Crippen molar-refractivity contribution in [2.24, 2.45) is 0 Å². The zero-order valence-electron chi connectivity index (χ0n) is 17.5. The first-order chi connectivity index (χ1) is 13.5. The van der Waals surface area contributed by atoms with Gasteiger partial charge in [-0.25, -0.2) is 0 Å². The number of benzene rings is 3. The molecule has 28 heavy (non-hydrogen) atoms. The second-order valence-corrected chi connectivity index (χ2v) is 10.5. The van der Waals surface area contributed by atoms with Crippen molar-refractivity contribution in [3.8, 4) is 22.3 Å². The molecule has 1 heterocycles. The fraction of sp³-hybridized carbons (Fsp3) is 0.296. The molecule has 1 unspecified atom stereocenters. The summed E-state index contributed by atoms with van der Waals surface area (Å²) in [7, 11) is -0.137. The Morgan fingerprint density at radius 3 is 1.68 bits per heavy atom. The van der Waals surface area contributed by atoms with Crippen LogP contribution in [0.4, 0.5) is 0 Å². The first-order valence-electron chi connectivity index (χ1n) is 10.4. The molecule has 142 valence electrons. The van der Waals surface area contributed by atoms with Gasteiger partial charge in [-0.15, -0.1) is 0 Å². The van der Waals surface area contributed by atoms with Crippen LogP contribution in [0.25, 0.3) is 22.3 Å². The summed E-state index contributed by atoms with van der Waals surface area (Å²) >= 11 is 0. The molecule has 3 aromatic rings. The third kappa shape index (κ3) is 3.98. The quantitative estimate of drug-likeness (QED) is 0.414. The molecule has 1 atom stereocenters. The second kappa shape index (κ2) is 8.06. The minimum Gasteiger partial charge on any atom is -0.0587 e. The predicted molar refractivity (Wildman–Crippen MR) is 128 cm³/mol. The number of hydrogen-bond acceptors (Lipinski definition) is 0. The van der Waals surface area contributed by atoms with Gasteiger partial charge in [0.25, 0.3) is 0 Å². The normalized spacial score (nSPS) is 15.4. The first-order valence-corrected chi connectivity index (χ1v) is 12.0. The van der Waals surface area contributed by atoms with Crippen molar-refractivity contribution in [2.75, 3.05) is 6.16 Å². The average molecular weight is 386 g/mol. The lowest BCUT2D eigenvalue weighted by Crippen LogP contribution is -2.06. The summed E-state index contributed by atoms with van der Waals surface area (Å²) in [4.78, 5) is 0. The van der Waals surface area contributed by atoms with Gasteiger partial charge < -0.3 is 0 Å². The Labute approximate surface area is 171 Å². The number of rotatable bonds is 3. The highest BCUT2D eigenvalue weighted by Crippen LogP contribution is 2.35. The van der Waals surface area contributed by atoms with Crippen LogP contribution in [-0.2, 0) is 0 Å². The Morgan fingerprint density at radius 1 is 0.643 bits per heavy atom. The van der Waals surface area contributed by atoms with E-state index in [1.54, 1.807) is 5.30 Å². The van der Waals surface area contributed by atoms with Gasteiger partial charge in [-0.2, -0.15) is 0 Å². The van der Waals surface area contributed by atoms with Crippen molar-refractivity contribution in [2.45, 2.75) is 47.0 Å². The third-order valence-electron chi connectivity index (χ3n) is 5.84. The van der Waals surface area contributed by atoms with E-state index >= 15 is 0 Å². The number of hydrogen-bond donors (Lipinski definition) is 0. The van der Waals surface area contributed by atoms with Crippen molar-refractivity contribution in [1.82, 2.24) is 0 Å². The maximum Gasteiger partial charge on any atom is 0.149 e. The molecule has 0 spiro atoms. The first kappa shape index (κ1) is 19.2. The van der Waals surface area contributed by atoms with Crippen LogP contribution in [0, 0.1) is 27.7 Å². The highest BCUT2D eigenvalue weighted by molar-refractivity contribution is 7.65. The van der Waals surface area contributed by atoms with Gasteiger partial charge in [0, 0.05) is 6.42 Å². The van der Waals surface area contributed by atoms with Crippen molar-refractivity contribution in [3.05, 3.63) is 76.9 Å². The Balaban J connectivity index is 1.91. The van der Waals surface area contributed by atoms with E-state index in [-0.39, 0.29) is 7.55 Å². The highest BCUT2D eigenvalue weighted by atomic mass is 31.1. The van der Waals surface area contributed by atoms with Gasteiger partial charge in [-0.05, 0) is 92.1 Å². The van der Waals surface area contributed by atoms with Gasteiger partial charge in [0.15, 0.2) is 0 Å². The van der Waals surface area contributed by atoms with Crippen molar-refractivity contribution >= 4 is 18.6 Å². The van der Waals surface area contributed by atoms with Crippen LogP contribution in [0.15, 0.2) is 54.6 Å². The monoisotopic (exact) mass is 385 g/mol. The lowest BCUT2D eigenvalue weighted by Gasteiger charge is -2.13. The smallest absolute Gasteiger partial charge is 0.0587 e. The van der Waals surface area contributed by atoms with E-state index in [0.717, 1.165) is 0 Å². The molecule has 0 fully saturated rings. The molecular weight excluding hydrogens is 355 g/mol. The van der Waals surface area contributed by atoms with E-state index in [9.17, 15) is 0 Å². The lowest BCUT2D eigenvalue weighted by molar-refractivity contribution is 0.846. The minimum atomic E-state index is -0.137. The van der Waals surface area contributed by atoms with Gasteiger partial charge in [0.2, 0.25) is 0 Å². The van der Waals surface area contributed by atoms with Gasteiger partial charge >= 0.3 is 0 Å². The summed E-state index contributed by atoms with van der Waals surface area (Å²) in [5.74, 6) is 2.60. The van der Waals surface area contributed by atoms with E-state index < -0.39 is 0 Å².